The summed E-state index contributed by atoms with van der Waals surface area (Å²) >= 11 is 5.77. The fourth-order valence-electron chi connectivity index (χ4n) is 4.69. The van der Waals surface area contributed by atoms with Crippen LogP contribution in [-0.2, 0) is 0 Å². The van der Waals surface area contributed by atoms with Crippen molar-refractivity contribution in [2.75, 3.05) is 0 Å². The van der Waals surface area contributed by atoms with Crippen LogP contribution in [0.3, 0.4) is 0 Å². The Labute approximate surface area is 184 Å². The van der Waals surface area contributed by atoms with Crippen molar-refractivity contribution in [2.24, 2.45) is 0 Å². The summed E-state index contributed by atoms with van der Waals surface area (Å²) in [6, 6.07) is 15.3. The van der Waals surface area contributed by atoms with Gasteiger partial charge in [0, 0.05) is 29.3 Å². The van der Waals surface area contributed by atoms with E-state index in [2.05, 4.69) is 91.6 Å². The summed E-state index contributed by atoms with van der Waals surface area (Å²) in [7, 11) is 0. The molecule has 0 aliphatic carbocycles. The first kappa shape index (κ1) is 20.6. The van der Waals surface area contributed by atoms with Gasteiger partial charge in [0.15, 0.2) is 5.11 Å². The molecule has 3 aromatic rings. The summed E-state index contributed by atoms with van der Waals surface area (Å²) < 4.78 is 2.38. The molecule has 0 bridgehead atoms. The van der Waals surface area contributed by atoms with E-state index in [1.807, 2.05) is 18.3 Å². The second-order valence-corrected chi connectivity index (χ2v) is 8.90. The molecule has 0 amide bonds. The van der Waals surface area contributed by atoms with Crippen LogP contribution in [0.4, 0.5) is 0 Å². The molecule has 156 valence electrons. The van der Waals surface area contributed by atoms with Crippen LogP contribution in [0.15, 0.2) is 48.7 Å². The number of aryl methyl sites for hydroxylation is 2. The van der Waals surface area contributed by atoms with Crippen molar-refractivity contribution in [3.8, 4) is 5.69 Å². The minimum atomic E-state index is 0.0219. The van der Waals surface area contributed by atoms with Crippen LogP contribution >= 0.6 is 12.2 Å². The van der Waals surface area contributed by atoms with Gasteiger partial charge in [-0.05, 0) is 94.7 Å². The lowest BCUT2D eigenvalue weighted by Crippen LogP contribution is -2.35. The van der Waals surface area contributed by atoms with E-state index in [1.165, 1.54) is 33.8 Å². The normalized spacial score (nSPS) is 18.9. The van der Waals surface area contributed by atoms with Crippen LogP contribution in [0.5, 0.6) is 0 Å². The summed E-state index contributed by atoms with van der Waals surface area (Å²) in [4.78, 5) is 6.98. The van der Waals surface area contributed by atoms with E-state index >= 15 is 0 Å². The molecular weight excluding hydrogens is 388 g/mol. The summed E-state index contributed by atoms with van der Waals surface area (Å²) in [6.45, 7) is 13.2. The van der Waals surface area contributed by atoms with Gasteiger partial charge in [0.2, 0.25) is 0 Å². The zero-order chi connectivity index (χ0) is 21.6. The summed E-state index contributed by atoms with van der Waals surface area (Å²) in [5.41, 5.74) is 8.67. The highest BCUT2D eigenvalue weighted by Gasteiger charge is 2.42. The lowest BCUT2D eigenvalue weighted by molar-refractivity contribution is 0.269. The Kier molecular flexibility index (Phi) is 5.41. The molecule has 1 fully saturated rings. The maximum Gasteiger partial charge on any atom is 0.170 e. The molecule has 0 unspecified atom stereocenters. The smallest absolute Gasteiger partial charge is 0.170 e. The number of hydrogen-bond acceptors (Lipinski definition) is 2. The Morgan fingerprint density at radius 2 is 1.80 bits per heavy atom. The highest BCUT2D eigenvalue weighted by Crippen LogP contribution is 2.42. The number of nitrogens with zero attached hydrogens (tertiary/aromatic N) is 3. The minimum absolute atomic E-state index is 0.0219. The maximum absolute atomic E-state index is 5.77. The van der Waals surface area contributed by atoms with Gasteiger partial charge in [-0.25, -0.2) is 0 Å². The highest BCUT2D eigenvalue weighted by atomic mass is 32.1. The molecule has 1 aliphatic heterocycles. The third-order valence-corrected chi connectivity index (χ3v) is 6.63. The van der Waals surface area contributed by atoms with E-state index in [-0.39, 0.29) is 18.1 Å². The van der Waals surface area contributed by atoms with Crippen LogP contribution in [0.1, 0.15) is 59.7 Å². The number of benzene rings is 1. The third kappa shape index (κ3) is 3.31. The largest absolute Gasteiger partial charge is 0.352 e. The Morgan fingerprint density at radius 1 is 1.03 bits per heavy atom. The summed E-state index contributed by atoms with van der Waals surface area (Å²) in [5.74, 6) is 0. The van der Waals surface area contributed by atoms with Gasteiger partial charge in [0.1, 0.15) is 0 Å². The fourth-order valence-corrected chi connectivity index (χ4v) is 5.14. The first-order chi connectivity index (χ1) is 14.3. The Hall–Kier alpha value is -2.66. The van der Waals surface area contributed by atoms with E-state index in [9.17, 15) is 0 Å². The molecule has 1 aliphatic rings. The topological polar surface area (TPSA) is 33.1 Å². The predicted molar refractivity (Wildman–Crippen MR) is 127 cm³/mol. The van der Waals surface area contributed by atoms with Crippen LogP contribution in [0.25, 0.3) is 5.69 Å². The van der Waals surface area contributed by atoms with Gasteiger partial charge in [-0.3, -0.25) is 4.98 Å². The monoisotopic (exact) mass is 418 g/mol. The first-order valence-corrected chi connectivity index (χ1v) is 11.0. The number of rotatable bonds is 4. The van der Waals surface area contributed by atoms with Crippen molar-refractivity contribution in [3.05, 3.63) is 82.4 Å². The van der Waals surface area contributed by atoms with Crippen molar-refractivity contribution in [2.45, 2.75) is 59.7 Å². The van der Waals surface area contributed by atoms with Crippen molar-refractivity contribution in [1.82, 2.24) is 19.8 Å². The zero-order valence-electron chi connectivity index (χ0n) is 18.6. The van der Waals surface area contributed by atoms with Gasteiger partial charge >= 0.3 is 0 Å². The molecule has 0 saturated carbocycles. The molecular formula is C25H30N4S. The van der Waals surface area contributed by atoms with Crippen molar-refractivity contribution < 1.29 is 0 Å². The molecule has 2 aromatic heterocycles. The predicted octanol–water partition coefficient (Wildman–Crippen LogP) is 5.49. The van der Waals surface area contributed by atoms with Gasteiger partial charge in [-0.15, -0.1) is 0 Å². The molecule has 1 aromatic carbocycles. The van der Waals surface area contributed by atoms with Crippen LogP contribution in [-0.4, -0.2) is 25.6 Å². The molecule has 1 saturated heterocycles. The second-order valence-electron chi connectivity index (χ2n) is 8.51. The Morgan fingerprint density at radius 3 is 2.47 bits per heavy atom. The van der Waals surface area contributed by atoms with Crippen molar-refractivity contribution >= 4 is 17.3 Å². The first-order valence-electron chi connectivity index (χ1n) is 10.6. The molecule has 5 heteroatoms. The average Bonchev–Trinajstić information content (AvgIpc) is 3.21. The molecule has 1 N–H and O–H groups in total. The molecule has 0 spiro atoms. The summed E-state index contributed by atoms with van der Waals surface area (Å²) in [5, 5.41) is 4.35. The zero-order valence-corrected chi connectivity index (χ0v) is 19.4. The lowest BCUT2D eigenvalue weighted by atomic mass is 9.96. The van der Waals surface area contributed by atoms with E-state index in [0.29, 0.717) is 0 Å². The molecule has 3 heterocycles. The number of aromatic nitrogens is 2. The average molecular weight is 419 g/mol. The Bertz CT molecular complexity index is 1080. The van der Waals surface area contributed by atoms with Crippen LogP contribution in [0.2, 0.25) is 0 Å². The Balaban J connectivity index is 1.88. The molecule has 30 heavy (non-hydrogen) atoms. The molecule has 4 nitrogen and oxygen atoms in total. The molecule has 4 rings (SSSR count). The SMILES string of the molecule is Cc1cccc(-n2c(C)cc([C@@H]3[C@@H](c4ccccn4)NC(=S)N3C(C)C)c2C)c1C. The van der Waals surface area contributed by atoms with Crippen molar-refractivity contribution in [1.29, 1.82) is 0 Å². The summed E-state index contributed by atoms with van der Waals surface area (Å²) in [6.07, 6.45) is 1.86. The minimum Gasteiger partial charge on any atom is -0.352 e. The standard InChI is InChI=1S/C25H30N4S/c1-15(2)28-24(23(27-25(28)30)21-11-7-8-13-26-21)20-14-17(4)29(19(20)6)22-12-9-10-16(3)18(22)5/h7-15,23-24H,1-6H3,(H,27,30)/t23-,24-/m1/s1. The second kappa shape index (κ2) is 7.88. The van der Waals surface area contributed by atoms with Gasteiger partial charge in [-0.1, -0.05) is 18.2 Å². The van der Waals surface area contributed by atoms with Crippen LogP contribution < -0.4 is 5.32 Å². The van der Waals surface area contributed by atoms with Crippen molar-refractivity contribution in [3.63, 3.8) is 0 Å². The van der Waals surface area contributed by atoms with E-state index in [0.717, 1.165) is 10.8 Å². The lowest BCUT2D eigenvalue weighted by Gasteiger charge is -2.31. The maximum atomic E-state index is 5.77. The molecule has 0 radical (unpaired) electrons. The number of thiocarbonyl (C=S) groups is 1. The van der Waals surface area contributed by atoms with Crippen LogP contribution in [0, 0.1) is 27.7 Å². The van der Waals surface area contributed by atoms with Gasteiger partial charge in [0.05, 0.1) is 17.8 Å². The number of pyridine rings is 1. The third-order valence-electron chi connectivity index (χ3n) is 6.30. The van der Waals surface area contributed by atoms with E-state index in [4.69, 9.17) is 12.2 Å². The van der Waals surface area contributed by atoms with Gasteiger partial charge < -0.3 is 14.8 Å². The number of nitrogens with one attached hydrogen (secondary N) is 1. The fraction of sp³-hybridized carbons (Fsp3) is 0.360. The van der Waals surface area contributed by atoms with Gasteiger partial charge in [-0.2, -0.15) is 0 Å². The van der Waals surface area contributed by atoms with E-state index in [1.54, 1.807) is 0 Å². The van der Waals surface area contributed by atoms with Gasteiger partial charge in [0.25, 0.3) is 0 Å². The van der Waals surface area contributed by atoms with E-state index < -0.39 is 0 Å². The number of hydrogen-bond donors (Lipinski definition) is 1. The highest BCUT2D eigenvalue weighted by molar-refractivity contribution is 7.80. The molecule has 2 atom stereocenters. The quantitative estimate of drug-likeness (QED) is 0.568.